The molecule has 4 heteroatoms. The number of halogens is 1. The van der Waals surface area contributed by atoms with Gasteiger partial charge in [-0.2, -0.15) is 3.89 Å². The number of allylic oxidation sites excluding steroid dienone is 2. The molecule has 2 atom stereocenters. The summed E-state index contributed by atoms with van der Waals surface area (Å²) in [6.07, 6.45) is 15.0. The van der Waals surface area contributed by atoms with Crippen LogP contribution in [-0.2, 0) is 4.74 Å². The van der Waals surface area contributed by atoms with Crippen LogP contribution >= 0.6 is 12.1 Å². The Balaban J connectivity index is 0.000000230. The van der Waals surface area contributed by atoms with E-state index in [1.54, 1.807) is 27.7 Å². The van der Waals surface area contributed by atoms with Crippen LogP contribution in [0.25, 0.3) is 0 Å². The van der Waals surface area contributed by atoms with Gasteiger partial charge < -0.3 is 9.84 Å². The molecular weight excluding hydrogens is 311 g/mol. The van der Waals surface area contributed by atoms with E-state index in [0.717, 1.165) is 11.8 Å². The van der Waals surface area contributed by atoms with Crippen LogP contribution in [0.15, 0.2) is 12.2 Å². The van der Waals surface area contributed by atoms with Gasteiger partial charge in [0.05, 0.1) is 23.6 Å². The topological polar surface area (TPSA) is 29.5 Å². The molecule has 0 aromatic heterocycles. The van der Waals surface area contributed by atoms with Crippen molar-refractivity contribution < 1.29 is 13.7 Å². The molecule has 0 bridgehead atoms. The molecule has 2 rings (SSSR count). The van der Waals surface area contributed by atoms with Crippen LogP contribution in [0.4, 0.5) is 3.89 Å². The molecule has 2 nitrogen and oxygen atoms in total. The van der Waals surface area contributed by atoms with Crippen molar-refractivity contribution in [3.63, 3.8) is 0 Å². The molecule has 0 amide bonds. The third-order valence-corrected chi connectivity index (χ3v) is 5.41. The van der Waals surface area contributed by atoms with Crippen LogP contribution in [0.1, 0.15) is 72.6 Å². The Labute approximate surface area is 146 Å². The van der Waals surface area contributed by atoms with Crippen molar-refractivity contribution in [2.45, 2.75) is 83.8 Å². The highest BCUT2D eigenvalue weighted by molar-refractivity contribution is 7.94. The fraction of sp³-hybridized carbons (Fsp3) is 0.895. The molecule has 0 heterocycles. The number of hydrogen-bond donors (Lipinski definition) is 1. The first kappa shape index (κ1) is 21.0. The molecule has 136 valence electrons. The van der Waals surface area contributed by atoms with E-state index in [4.69, 9.17) is 4.74 Å². The number of aliphatic hydroxyl groups is 1. The van der Waals surface area contributed by atoms with E-state index < -0.39 is 11.2 Å². The van der Waals surface area contributed by atoms with E-state index >= 15 is 0 Å². The normalized spacial score (nSPS) is 26.5. The Morgan fingerprint density at radius 3 is 2.00 bits per heavy atom. The molecule has 2 unspecified atom stereocenters. The van der Waals surface area contributed by atoms with E-state index in [0.29, 0.717) is 0 Å². The molecular formula is C19H35FO2S. The molecule has 2 aliphatic rings. The zero-order valence-corrected chi connectivity index (χ0v) is 16.1. The molecule has 1 fully saturated rings. The van der Waals surface area contributed by atoms with Crippen LogP contribution in [0.3, 0.4) is 0 Å². The first-order valence-corrected chi connectivity index (χ1v) is 9.87. The molecule has 0 aromatic rings. The van der Waals surface area contributed by atoms with Gasteiger partial charge in [-0.3, -0.25) is 0 Å². The SMILES string of the molecule is C1=C/CCC2CCCC2CC/1.CC(C)(O)COC(C)(C)CSF. The maximum absolute atomic E-state index is 11.9. The summed E-state index contributed by atoms with van der Waals surface area (Å²) in [4.78, 5) is 0. The van der Waals surface area contributed by atoms with Gasteiger partial charge in [0, 0.05) is 12.1 Å². The maximum atomic E-state index is 11.9. The lowest BCUT2D eigenvalue weighted by Crippen LogP contribution is -2.35. The van der Waals surface area contributed by atoms with Crippen LogP contribution in [0.5, 0.6) is 0 Å². The zero-order chi connectivity index (χ0) is 17.3. The van der Waals surface area contributed by atoms with Crippen molar-refractivity contribution in [1.82, 2.24) is 0 Å². The molecule has 23 heavy (non-hydrogen) atoms. The summed E-state index contributed by atoms with van der Waals surface area (Å²) in [6.45, 7) is 7.13. The minimum absolute atomic E-state index is 0.223. The van der Waals surface area contributed by atoms with Crippen LogP contribution in [0, 0.1) is 11.8 Å². The maximum Gasteiger partial charge on any atom is 0.0824 e. The van der Waals surface area contributed by atoms with Crippen LogP contribution in [0.2, 0.25) is 0 Å². The summed E-state index contributed by atoms with van der Waals surface area (Å²) in [5, 5.41) is 9.32. The predicted octanol–water partition coefficient (Wildman–Crippen LogP) is 5.70. The molecule has 0 spiro atoms. The van der Waals surface area contributed by atoms with Gasteiger partial charge in [-0.25, -0.2) is 0 Å². The van der Waals surface area contributed by atoms with Crippen molar-refractivity contribution in [2.24, 2.45) is 11.8 Å². The van der Waals surface area contributed by atoms with Crippen molar-refractivity contribution in [1.29, 1.82) is 0 Å². The van der Waals surface area contributed by atoms with Crippen molar-refractivity contribution >= 4 is 12.1 Å². The Hall–Kier alpha value is -0.0600. The molecule has 1 saturated carbocycles. The summed E-state index contributed by atoms with van der Waals surface area (Å²) in [5.41, 5.74) is -1.36. The highest BCUT2D eigenvalue weighted by Crippen LogP contribution is 2.38. The predicted molar refractivity (Wildman–Crippen MR) is 98.3 cm³/mol. The first-order chi connectivity index (χ1) is 10.7. The Bertz CT molecular complexity index is 334. The highest BCUT2D eigenvalue weighted by atomic mass is 32.2. The number of rotatable bonds is 5. The largest absolute Gasteiger partial charge is 0.388 e. The first-order valence-electron chi connectivity index (χ1n) is 8.98. The van der Waals surface area contributed by atoms with E-state index in [1.165, 1.54) is 44.9 Å². The average Bonchev–Trinajstić information content (AvgIpc) is 2.83. The summed E-state index contributed by atoms with van der Waals surface area (Å²) in [5.74, 6) is 2.48. The van der Waals surface area contributed by atoms with Gasteiger partial charge in [-0.1, -0.05) is 31.4 Å². The quantitative estimate of drug-likeness (QED) is 0.647. The molecule has 0 radical (unpaired) electrons. The highest BCUT2D eigenvalue weighted by Gasteiger charge is 2.26. The molecule has 0 aromatic carbocycles. The Kier molecular flexibility index (Phi) is 9.17. The standard InChI is InChI=1S/C11H18.C8H17FO2S/c1-2-4-7-11-9-5-8-10(11)6-3-1;1-7(2,10)5-11-8(3,4)6-12-9/h1-2,10-11H,3-9H2;10H,5-6H2,1-4H3/b2-1+;. The number of hydrogen-bond acceptors (Lipinski definition) is 3. The second-order valence-electron chi connectivity index (χ2n) is 8.19. The van der Waals surface area contributed by atoms with Gasteiger partial charge in [-0.15, -0.1) is 0 Å². The van der Waals surface area contributed by atoms with Gasteiger partial charge in [0.2, 0.25) is 0 Å². The summed E-state index contributed by atoms with van der Waals surface area (Å²) < 4.78 is 17.2. The minimum atomic E-state index is -0.849. The molecule has 1 N–H and O–H groups in total. The lowest BCUT2D eigenvalue weighted by molar-refractivity contribution is -0.0808. The second kappa shape index (κ2) is 10.0. The lowest BCUT2D eigenvalue weighted by atomic mass is 9.86. The molecule has 2 aliphatic carbocycles. The van der Waals surface area contributed by atoms with E-state index in [2.05, 4.69) is 12.2 Å². The second-order valence-corrected chi connectivity index (χ2v) is 8.70. The number of fused-ring (bicyclic) bond motifs is 1. The third-order valence-electron chi connectivity index (χ3n) is 4.61. The Morgan fingerprint density at radius 2 is 1.57 bits per heavy atom. The van der Waals surface area contributed by atoms with Crippen molar-refractivity contribution in [2.75, 3.05) is 12.4 Å². The molecule has 0 saturated heterocycles. The van der Waals surface area contributed by atoms with E-state index in [-0.39, 0.29) is 24.5 Å². The van der Waals surface area contributed by atoms with Gasteiger partial charge in [0.15, 0.2) is 0 Å². The van der Waals surface area contributed by atoms with Crippen molar-refractivity contribution in [3.8, 4) is 0 Å². The van der Waals surface area contributed by atoms with Crippen LogP contribution in [-0.4, -0.2) is 28.7 Å². The van der Waals surface area contributed by atoms with E-state index in [1.807, 2.05) is 0 Å². The van der Waals surface area contributed by atoms with Crippen molar-refractivity contribution in [3.05, 3.63) is 12.2 Å². The van der Waals surface area contributed by atoms with Gasteiger partial charge in [0.1, 0.15) is 0 Å². The Morgan fingerprint density at radius 1 is 1.04 bits per heavy atom. The molecule has 0 aliphatic heterocycles. The van der Waals surface area contributed by atoms with Gasteiger partial charge >= 0.3 is 0 Å². The van der Waals surface area contributed by atoms with Gasteiger partial charge in [-0.05, 0) is 65.2 Å². The zero-order valence-electron chi connectivity index (χ0n) is 15.3. The monoisotopic (exact) mass is 346 g/mol. The summed E-state index contributed by atoms with van der Waals surface area (Å²) in [6, 6.07) is 0. The fourth-order valence-electron chi connectivity index (χ4n) is 3.28. The smallest absolute Gasteiger partial charge is 0.0824 e. The van der Waals surface area contributed by atoms with E-state index in [9.17, 15) is 8.99 Å². The summed E-state index contributed by atoms with van der Waals surface area (Å²) >= 11 is 0.253. The average molecular weight is 347 g/mol. The van der Waals surface area contributed by atoms with Gasteiger partial charge in [0.25, 0.3) is 0 Å². The minimum Gasteiger partial charge on any atom is -0.388 e. The van der Waals surface area contributed by atoms with Crippen LogP contribution < -0.4 is 0 Å². The lowest BCUT2D eigenvalue weighted by Gasteiger charge is -2.27. The third kappa shape index (κ3) is 9.73. The number of ether oxygens (including phenoxy) is 1. The fourth-order valence-corrected chi connectivity index (χ4v) is 3.62. The summed E-state index contributed by atoms with van der Waals surface area (Å²) in [7, 11) is 0.